The van der Waals surface area contributed by atoms with Crippen LogP contribution in [0, 0.1) is 3.88 Å². The third kappa shape index (κ3) is 5.50. The van der Waals surface area contributed by atoms with E-state index in [9.17, 15) is 29.4 Å². The van der Waals surface area contributed by atoms with Crippen molar-refractivity contribution in [2.45, 2.75) is 0 Å². The van der Waals surface area contributed by atoms with E-state index in [2.05, 4.69) is 10.6 Å². The molecule has 0 aromatic heterocycles. The van der Waals surface area contributed by atoms with Crippen molar-refractivity contribution in [3.63, 3.8) is 0 Å². The third-order valence-corrected chi connectivity index (χ3v) is 4.62. The number of hydrogen-bond acceptors (Lipinski definition) is 7. The van der Waals surface area contributed by atoms with Crippen molar-refractivity contribution in [1.82, 2.24) is 0 Å². The number of amides is 2. The van der Waals surface area contributed by atoms with Gasteiger partial charge >= 0.3 is 22.1 Å². The number of rotatable bonds is 4. The molecule has 0 spiro atoms. The average Bonchev–Trinajstić information content (AvgIpc) is 2.76. The Hall–Kier alpha value is -3.27. The Morgan fingerprint density at radius 2 is 1.41 bits per heavy atom. The van der Waals surface area contributed by atoms with Crippen LogP contribution in [0.5, 0.6) is 5.75 Å². The first-order chi connectivity index (χ1) is 15.2. The Bertz CT molecular complexity index is 1220. The van der Waals surface area contributed by atoms with Gasteiger partial charge in [0.2, 0.25) is 0 Å². The van der Waals surface area contributed by atoms with Crippen LogP contribution >= 0.6 is 23.2 Å². The fourth-order valence-electron chi connectivity index (χ4n) is 2.44. The molecule has 2 aromatic rings. The molecule has 32 heavy (non-hydrogen) atoms. The van der Waals surface area contributed by atoms with Gasteiger partial charge in [0.15, 0.2) is 11.6 Å². The zero-order valence-electron chi connectivity index (χ0n) is 15.6. The Morgan fingerprint density at radius 1 is 0.906 bits per heavy atom. The van der Waals surface area contributed by atoms with Crippen molar-refractivity contribution in [2.75, 3.05) is 0 Å². The van der Waals surface area contributed by atoms with Crippen LogP contribution < -0.4 is 5.11 Å². The number of benzene rings is 2. The van der Waals surface area contributed by atoms with E-state index < -0.39 is 34.7 Å². The molecule has 3 rings (SSSR count). The van der Waals surface area contributed by atoms with Crippen molar-refractivity contribution in [1.29, 1.82) is 3.88 Å². The predicted octanol–water partition coefficient (Wildman–Crippen LogP) is 3.41. The molecule has 1 aliphatic carbocycles. The summed E-state index contributed by atoms with van der Waals surface area (Å²) in [6, 6.07) is 7.88. The van der Waals surface area contributed by atoms with Gasteiger partial charge in [-0.2, -0.15) is 0 Å². The maximum atomic E-state index is 12.4. The molecule has 0 saturated heterocycles. The van der Waals surface area contributed by atoms with Gasteiger partial charge in [-0.1, -0.05) is 47.5 Å². The standard InChI is InChI=1S/C20H12Cl2N2O6.N.Os/c21-10-7-12(23-19(29)9-3-1-2-4-14(9)25)13(8-11(10)22)24-20(30)17-15(26)5-6-16(27)18(17)28;;/h1-8H,(H4,23,24,25,26,27,28,29,30);;/p-3. The Balaban J connectivity index is 0.00000176. The Morgan fingerprint density at radius 3 is 1.97 bits per heavy atom. The second kappa shape index (κ2) is 10.8. The molecule has 0 aliphatic heterocycles. The number of phenols is 1. The van der Waals surface area contributed by atoms with Gasteiger partial charge in [-0.05, 0) is 30.0 Å². The van der Waals surface area contributed by atoms with E-state index in [-0.39, 0.29) is 32.7 Å². The molecule has 0 heterocycles. The van der Waals surface area contributed by atoms with Gasteiger partial charge in [-0.25, -0.2) is 0 Å². The molecule has 2 aromatic carbocycles. The molecule has 12 heteroatoms. The van der Waals surface area contributed by atoms with Crippen LogP contribution in [0.2, 0.25) is 10.0 Å². The maximum absolute atomic E-state index is 12.4. The van der Waals surface area contributed by atoms with Gasteiger partial charge in [0.1, 0.15) is 5.75 Å². The quantitative estimate of drug-likeness (QED) is 0.392. The molecular formula is C20H9Cl2N3O6Os-3. The van der Waals surface area contributed by atoms with Crippen molar-refractivity contribution >= 4 is 58.0 Å². The molecule has 9 nitrogen and oxygen atoms in total. The number of aromatic hydroxyl groups is 1. The summed E-state index contributed by atoms with van der Waals surface area (Å²) in [5.41, 5.74) is -1.53. The van der Waals surface area contributed by atoms with E-state index in [1.807, 2.05) is 0 Å². The van der Waals surface area contributed by atoms with E-state index >= 15 is 0 Å². The van der Waals surface area contributed by atoms with E-state index in [1.165, 1.54) is 24.3 Å². The number of carbonyl (C=O) groups is 4. The molecule has 0 radical (unpaired) electrons. The molecule has 165 valence electrons. The van der Waals surface area contributed by atoms with Crippen molar-refractivity contribution in [2.24, 2.45) is 0 Å². The molecule has 2 amide bonds. The van der Waals surface area contributed by atoms with Crippen LogP contribution in [0.3, 0.4) is 0 Å². The summed E-state index contributed by atoms with van der Waals surface area (Å²) in [5.74, 6) is -5.79. The van der Waals surface area contributed by atoms with Gasteiger partial charge in [0.05, 0.1) is 21.9 Å². The van der Waals surface area contributed by atoms with Crippen LogP contribution in [-0.2, 0) is 32.6 Å². The number of nitrogens with zero attached hydrogens (tertiary/aromatic N) is 3. The average molecular weight is 648 g/mol. The summed E-state index contributed by atoms with van der Waals surface area (Å²) in [5, 5.41) is 29.1. The summed E-state index contributed by atoms with van der Waals surface area (Å²) < 4.78 is 7.03. The van der Waals surface area contributed by atoms with Crippen molar-refractivity contribution < 1.29 is 47.6 Å². The Labute approximate surface area is 200 Å². The van der Waals surface area contributed by atoms with Crippen LogP contribution in [0.15, 0.2) is 59.9 Å². The number of halogens is 2. The minimum atomic E-state index is -1.30. The molecular weight excluding hydrogens is 639 g/mol. The number of phenolic OH excluding ortho intramolecular Hbond substituents is 1. The zero-order chi connectivity index (χ0) is 24.0. The van der Waals surface area contributed by atoms with E-state index in [1.54, 1.807) is 0 Å². The van der Waals surface area contributed by atoms with Crippen LogP contribution in [0.4, 0.5) is 11.4 Å². The number of para-hydroxylation sites is 1. The fraction of sp³-hybridized carbons (Fsp3) is 0. The van der Waals surface area contributed by atoms with Crippen LogP contribution in [0.1, 0.15) is 10.4 Å². The van der Waals surface area contributed by atoms with Gasteiger partial charge < -0.3 is 30.4 Å². The molecule has 1 aliphatic rings. The van der Waals surface area contributed by atoms with E-state index in [4.69, 9.17) is 27.1 Å². The van der Waals surface area contributed by atoms with Crippen LogP contribution in [0.25, 0.3) is 10.6 Å². The third-order valence-electron chi connectivity index (χ3n) is 3.89. The summed E-state index contributed by atoms with van der Waals surface area (Å²) >= 11 is 12.8. The van der Waals surface area contributed by atoms with Crippen LogP contribution in [-0.4, -0.2) is 28.5 Å². The first kappa shape index (κ1) is 25.0. The molecule has 0 bridgehead atoms. The van der Waals surface area contributed by atoms with Gasteiger partial charge in [0, 0.05) is 11.1 Å². The fourth-order valence-corrected chi connectivity index (χ4v) is 2.76. The molecule has 1 N–H and O–H groups in total. The predicted molar refractivity (Wildman–Crippen MR) is 108 cm³/mol. The monoisotopic (exact) mass is 649 g/mol. The number of carbonyl (C=O) groups excluding carboxylic acids is 4. The van der Waals surface area contributed by atoms with Gasteiger partial charge in [-0.15, -0.1) is 11.4 Å². The second-order valence-electron chi connectivity index (χ2n) is 5.87. The molecule has 0 unspecified atom stereocenters. The van der Waals surface area contributed by atoms with E-state index in [0.717, 1.165) is 42.5 Å². The van der Waals surface area contributed by atoms with Crippen molar-refractivity contribution in [3.8, 4) is 5.75 Å². The molecule has 0 saturated carbocycles. The summed E-state index contributed by atoms with van der Waals surface area (Å²) in [7, 11) is 0. The Kier molecular flexibility index (Phi) is 8.47. The molecule has 0 fully saturated rings. The zero-order valence-corrected chi connectivity index (χ0v) is 19.6. The normalized spacial score (nSPS) is 12.7. The second-order valence-corrected chi connectivity index (χ2v) is 6.69. The minimum absolute atomic E-state index is 0.0116. The summed E-state index contributed by atoms with van der Waals surface area (Å²) in [6.07, 6.45) is 1.54. The number of allylic oxidation sites excluding steroid dienone is 2. The number of hydrogen-bond donors (Lipinski definition) is 1. The SMILES string of the molecule is O=C1C=CC(=O)C(C(=O)[N-]c2cc(Cl)c(Cl)cc2[N-]C(=O)c2ccccc2O)=C1[O-].[N]#[Os]. The first-order valence-electron chi connectivity index (χ1n) is 8.32. The first-order valence-corrected chi connectivity index (χ1v) is 10.2. The van der Waals surface area contributed by atoms with Gasteiger partial charge in [-0.3, -0.25) is 9.59 Å². The van der Waals surface area contributed by atoms with Crippen molar-refractivity contribution in [3.05, 3.63) is 86.1 Å². The topological polar surface area (TPSA) is 164 Å². The van der Waals surface area contributed by atoms with E-state index in [0.29, 0.717) is 0 Å². The summed E-state index contributed by atoms with van der Waals surface area (Å²) in [6.45, 7) is 0. The molecule has 0 atom stereocenters. The summed E-state index contributed by atoms with van der Waals surface area (Å²) in [4.78, 5) is 48.2. The van der Waals surface area contributed by atoms with Gasteiger partial charge in [0.25, 0.3) is 0 Å². The number of ketones is 2.